The number of hydrogen-bond acceptors (Lipinski definition) is 4. The van der Waals surface area contributed by atoms with E-state index in [-0.39, 0.29) is 18.6 Å². The van der Waals surface area contributed by atoms with E-state index in [0.717, 1.165) is 5.75 Å². The Morgan fingerprint density at radius 1 is 1.29 bits per heavy atom. The fraction of sp³-hybridized carbons (Fsp3) is 0.769. The highest BCUT2D eigenvalue weighted by atomic mass is 32.2. The van der Waals surface area contributed by atoms with Gasteiger partial charge in [-0.3, -0.25) is 4.90 Å². The van der Waals surface area contributed by atoms with Gasteiger partial charge in [-0.1, -0.05) is 13.8 Å². The average Bonchev–Trinajstić information content (AvgIpc) is 2.41. The molecular formula is C13H26N4O3S. The van der Waals surface area contributed by atoms with Crippen LogP contribution in [0.2, 0.25) is 0 Å². The van der Waals surface area contributed by atoms with Crippen LogP contribution in [-0.2, 0) is 4.74 Å². The molecule has 0 aliphatic rings. The zero-order valence-corrected chi connectivity index (χ0v) is 14.5. The number of ether oxygens (including phenoxy) is 1. The van der Waals surface area contributed by atoms with E-state index in [4.69, 9.17) is 4.74 Å². The van der Waals surface area contributed by atoms with E-state index in [1.54, 1.807) is 44.7 Å². The molecule has 0 rings (SSSR count). The van der Waals surface area contributed by atoms with E-state index in [9.17, 15) is 9.59 Å². The average molecular weight is 318 g/mol. The largest absolute Gasteiger partial charge is 0.448 e. The molecule has 122 valence electrons. The molecule has 1 atom stereocenters. The highest BCUT2D eigenvalue weighted by Gasteiger charge is 2.19. The van der Waals surface area contributed by atoms with Crippen LogP contribution in [0.3, 0.4) is 0 Å². The Hall–Kier alpha value is -1.44. The second-order valence-corrected chi connectivity index (χ2v) is 6.23. The summed E-state index contributed by atoms with van der Waals surface area (Å²) < 4.78 is 4.77. The van der Waals surface area contributed by atoms with Gasteiger partial charge in [0.2, 0.25) is 5.96 Å². The van der Waals surface area contributed by atoms with Gasteiger partial charge in [0.1, 0.15) is 0 Å². The summed E-state index contributed by atoms with van der Waals surface area (Å²) >= 11 is 1.77. The minimum Gasteiger partial charge on any atom is -0.448 e. The van der Waals surface area contributed by atoms with Crippen LogP contribution < -0.4 is 5.32 Å². The van der Waals surface area contributed by atoms with Gasteiger partial charge < -0.3 is 15.0 Å². The third-order valence-corrected chi connectivity index (χ3v) is 3.52. The standard InChI is InChI=1S/C13H26N4O3S/c1-7-20-13(19)15-11(16(4)5)17(6)12(18)14-9-10(3)21-8-2/h10H,7-9H2,1-6H3,(H,14,18). The van der Waals surface area contributed by atoms with Gasteiger partial charge in [-0.15, -0.1) is 4.99 Å². The molecule has 0 aromatic rings. The van der Waals surface area contributed by atoms with E-state index < -0.39 is 6.09 Å². The summed E-state index contributed by atoms with van der Waals surface area (Å²) in [5.74, 6) is 1.22. The van der Waals surface area contributed by atoms with Crippen LogP contribution in [-0.4, -0.2) is 73.2 Å². The zero-order valence-electron chi connectivity index (χ0n) is 13.7. The molecule has 8 heteroatoms. The van der Waals surface area contributed by atoms with Crippen molar-refractivity contribution in [2.45, 2.75) is 26.0 Å². The Bertz CT molecular complexity index is 374. The molecule has 3 amide bonds. The molecule has 0 radical (unpaired) electrons. The van der Waals surface area contributed by atoms with Crippen LogP contribution >= 0.6 is 11.8 Å². The first-order chi connectivity index (χ1) is 9.83. The smallest absolute Gasteiger partial charge is 0.436 e. The van der Waals surface area contributed by atoms with Crippen molar-refractivity contribution in [3.8, 4) is 0 Å². The molecule has 21 heavy (non-hydrogen) atoms. The first kappa shape index (κ1) is 19.6. The van der Waals surface area contributed by atoms with Crippen LogP contribution in [0.1, 0.15) is 20.8 Å². The van der Waals surface area contributed by atoms with Crippen molar-refractivity contribution in [1.82, 2.24) is 15.1 Å². The van der Waals surface area contributed by atoms with Crippen LogP contribution in [0, 0.1) is 0 Å². The number of rotatable bonds is 5. The summed E-state index contributed by atoms with van der Waals surface area (Å²) in [5, 5.41) is 3.14. The van der Waals surface area contributed by atoms with Gasteiger partial charge >= 0.3 is 12.1 Å². The van der Waals surface area contributed by atoms with Crippen molar-refractivity contribution in [1.29, 1.82) is 0 Å². The molecule has 0 bridgehead atoms. The maximum absolute atomic E-state index is 12.1. The third kappa shape index (κ3) is 7.79. The van der Waals surface area contributed by atoms with Crippen LogP contribution in [0.15, 0.2) is 4.99 Å². The molecule has 1 N–H and O–H groups in total. The molecule has 7 nitrogen and oxygen atoms in total. The number of carbonyl (C=O) groups excluding carboxylic acids is 2. The van der Waals surface area contributed by atoms with E-state index in [0.29, 0.717) is 11.8 Å². The summed E-state index contributed by atoms with van der Waals surface area (Å²) in [6, 6.07) is -0.310. The summed E-state index contributed by atoms with van der Waals surface area (Å²) in [6.07, 6.45) is -0.712. The van der Waals surface area contributed by atoms with Gasteiger partial charge in [0.05, 0.1) is 6.61 Å². The highest BCUT2D eigenvalue weighted by molar-refractivity contribution is 7.99. The number of nitrogens with one attached hydrogen (secondary N) is 1. The topological polar surface area (TPSA) is 74.2 Å². The van der Waals surface area contributed by atoms with Crippen LogP contribution in [0.4, 0.5) is 9.59 Å². The Morgan fingerprint density at radius 2 is 1.90 bits per heavy atom. The molecule has 0 aromatic heterocycles. The zero-order chi connectivity index (χ0) is 16.4. The molecule has 0 saturated carbocycles. The minimum atomic E-state index is -0.712. The lowest BCUT2D eigenvalue weighted by atomic mass is 10.5. The Balaban J connectivity index is 4.70. The molecule has 1 unspecified atom stereocenters. The Morgan fingerprint density at radius 3 is 2.38 bits per heavy atom. The number of amides is 3. The Labute approximate surface area is 131 Å². The molecule has 0 spiro atoms. The molecular weight excluding hydrogens is 292 g/mol. The van der Waals surface area contributed by atoms with Crippen molar-refractivity contribution >= 4 is 29.8 Å². The lowest BCUT2D eigenvalue weighted by Gasteiger charge is -2.25. The van der Waals surface area contributed by atoms with Crippen molar-refractivity contribution in [3.63, 3.8) is 0 Å². The van der Waals surface area contributed by atoms with Gasteiger partial charge in [0.15, 0.2) is 0 Å². The van der Waals surface area contributed by atoms with Crippen molar-refractivity contribution in [2.24, 2.45) is 4.99 Å². The SMILES string of the molecule is CCOC(=O)N=C(N(C)C)N(C)C(=O)NCC(C)SCC. The number of aliphatic imine (C=N–C) groups is 1. The predicted molar refractivity (Wildman–Crippen MR) is 86.9 cm³/mol. The summed E-state index contributed by atoms with van der Waals surface area (Å²) in [6.45, 7) is 6.62. The minimum absolute atomic E-state index is 0.224. The van der Waals surface area contributed by atoms with Gasteiger partial charge in [-0.2, -0.15) is 11.8 Å². The predicted octanol–water partition coefficient (Wildman–Crippen LogP) is 1.84. The van der Waals surface area contributed by atoms with Crippen molar-refractivity contribution < 1.29 is 14.3 Å². The first-order valence-electron chi connectivity index (χ1n) is 6.89. The molecule has 0 heterocycles. The maximum atomic E-state index is 12.1. The lowest BCUT2D eigenvalue weighted by Crippen LogP contribution is -2.48. The normalized spacial score (nSPS) is 12.6. The first-order valence-corrected chi connectivity index (χ1v) is 7.94. The number of urea groups is 1. The summed E-state index contributed by atoms with van der Waals surface area (Å²) in [5.41, 5.74) is 0. The fourth-order valence-electron chi connectivity index (χ4n) is 1.50. The maximum Gasteiger partial charge on any atom is 0.436 e. The molecule has 0 aliphatic heterocycles. The fourth-order valence-corrected chi connectivity index (χ4v) is 2.27. The second-order valence-electron chi connectivity index (χ2n) is 4.52. The van der Waals surface area contributed by atoms with Gasteiger partial charge in [0, 0.05) is 32.9 Å². The number of hydrogen-bond donors (Lipinski definition) is 1. The lowest BCUT2D eigenvalue weighted by molar-refractivity contribution is 0.162. The van der Waals surface area contributed by atoms with E-state index in [1.165, 1.54) is 4.90 Å². The second kappa shape index (κ2) is 10.3. The number of thioether (sulfide) groups is 1. The molecule has 0 fully saturated rings. The molecule has 0 aromatic carbocycles. The molecule has 0 saturated heterocycles. The quantitative estimate of drug-likeness (QED) is 0.618. The highest BCUT2D eigenvalue weighted by Crippen LogP contribution is 2.07. The van der Waals surface area contributed by atoms with Crippen molar-refractivity contribution in [2.75, 3.05) is 40.0 Å². The van der Waals surface area contributed by atoms with Crippen molar-refractivity contribution in [3.05, 3.63) is 0 Å². The number of guanidine groups is 1. The monoisotopic (exact) mass is 318 g/mol. The molecule has 0 aliphatic carbocycles. The van der Waals surface area contributed by atoms with E-state index in [1.807, 2.05) is 6.92 Å². The number of nitrogens with zero attached hydrogens (tertiary/aromatic N) is 3. The van der Waals surface area contributed by atoms with E-state index >= 15 is 0 Å². The van der Waals surface area contributed by atoms with Gasteiger partial charge in [-0.25, -0.2) is 9.59 Å². The van der Waals surface area contributed by atoms with E-state index in [2.05, 4.69) is 17.2 Å². The Kier molecular flexibility index (Phi) is 9.60. The van der Waals surface area contributed by atoms with Crippen LogP contribution in [0.5, 0.6) is 0 Å². The van der Waals surface area contributed by atoms with Gasteiger partial charge in [0.25, 0.3) is 0 Å². The summed E-state index contributed by atoms with van der Waals surface area (Å²) in [4.78, 5) is 30.2. The van der Waals surface area contributed by atoms with Gasteiger partial charge in [-0.05, 0) is 12.7 Å². The van der Waals surface area contributed by atoms with Crippen LogP contribution in [0.25, 0.3) is 0 Å². The summed E-state index contributed by atoms with van der Waals surface area (Å²) in [7, 11) is 4.97. The third-order valence-electron chi connectivity index (χ3n) is 2.46. The number of carbonyl (C=O) groups is 2.